The molecule has 0 unspecified atom stereocenters. The Bertz CT molecular complexity index is 336. The monoisotopic (exact) mass is 194 g/mol. The van der Waals surface area contributed by atoms with Crippen molar-refractivity contribution in [3.8, 4) is 0 Å². The summed E-state index contributed by atoms with van der Waals surface area (Å²) in [6.07, 6.45) is 4.06. The summed E-state index contributed by atoms with van der Waals surface area (Å²) < 4.78 is 4.42. The van der Waals surface area contributed by atoms with E-state index in [-0.39, 0.29) is 30.4 Å². The Morgan fingerprint density at radius 1 is 1.36 bits per heavy atom. The normalized spacial score (nSPS) is 15.4. The third-order valence-electron chi connectivity index (χ3n) is 1.86. The Labute approximate surface area is 81.2 Å². The van der Waals surface area contributed by atoms with Crippen molar-refractivity contribution in [2.24, 2.45) is 0 Å². The van der Waals surface area contributed by atoms with Crippen LogP contribution >= 0.6 is 0 Å². The van der Waals surface area contributed by atoms with Crippen LogP contribution in [0.15, 0.2) is 23.8 Å². The van der Waals surface area contributed by atoms with Gasteiger partial charge in [0.05, 0.1) is 7.11 Å². The van der Waals surface area contributed by atoms with E-state index in [2.05, 4.69) is 4.74 Å². The quantitative estimate of drug-likeness (QED) is 0.487. The van der Waals surface area contributed by atoms with Crippen molar-refractivity contribution in [1.29, 1.82) is 0 Å². The zero-order valence-corrected chi connectivity index (χ0v) is 7.78. The van der Waals surface area contributed by atoms with Gasteiger partial charge in [-0.05, 0) is 24.6 Å². The highest BCUT2D eigenvalue weighted by Crippen LogP contribution is 2.12. The van der Waals surface area contributed by atoms with Crippen molar-refractivity contribution in [2.75, 3.05) is 7.11 Å². The van der Waals surface area contributed by atoms with E-state index in [9.17, 15) is 14.4 Å². The topological polar surface area (TPSA) is 60.4 Å². The third-order valence-corrected chi connectivity index (χ3v) is 1.86. The maximum atomic E-state index is 11.2. The number of ether oxygens (including phenoxy) is 1. The van der Waals surface area contributed by atoms with E-state index in [1.807, 2.05) is 0 Å². The molecule has 1 rings (SSSR count). The number of carbonyl (C=O) groups excluding carboxylic acids is 3. The lowest BCUT2D eigenvalue weighted by Crippen LogP contribution is -2.09. The molecular weight excluding hydrogens is 184 g/mol. The van der Waals surface area contributed by atoms with Crippen LogP contribution in [0.3, 0.4) is 0 Å². The second kappa shape index (κ2) is 4.50. The van der Waals surface area contributed by atoms with E-state index >= 15 is 0 Å². The van der Waals surface area contributed by atoms with Crippen LogP contribution in [0.4, 0.5) is 0 Å². The number of hydrogen-bond acceptors (Lipinski definition) is 4. The first-order valence-corrected chi connectivity index (χ1v) is 4.17. The summed E-state index contributed by atoms with van der Waals surface area (Å²) in [5, 5.41) is 0. The molecule has 0 fully saturated rings. The van der Waals surface area contributed by atoms with Crippen molar-refractivity contribution in [3.05, 3.63) is 23.8 Å². The molecule has 0 amide bonds. The molecule has 0 aromatic carbocycles. The molecule has 4 heteroatoms. The van der Waals surface area contributed by atoms with Gasteiger partial charge in [-0.15, -0.1) is 0 Å². The van der Waals surface area contributed by atoms with Gasteiger partial charge in [0.25, 0.3) is 0 Å². The van der Waals surface area contributed by atoms with Gasteiger partial charge in [0.1, 0.15) is 0 Å². The van der Waals surface area contributed by atoms with Crippen molar-refractivity contribution in [1.82, 2.24) is 0 Å². The minimum atomic E-state index is -0.388. The van der Waals surface area contributed by atoms with E-state index in [1.165, 1.54) is 25.3 Å². The molecule has 0 saturated carbocycles. The molecule has 0 atom stereocenters. The molecule has 0 heterocycles. The Morgan fingerprint density at radius 2 is 2.07 bits per heavy atom. The van der Waals surface area contributed by atoms with E-state index in [1.54, 1.807) is 0 Å². The molecule has 14 heavy (non-hydrogen) atoms. The van der Waals surface area contributed by atoms with Crippen LogP contribution in [-0.2, 0) is 19.1 Å². The molecule has 0 aromatic heterocycles. The number of hydrogen-bond donors (Lipinski definition) is 0. The highest BCUT2D eigenvalue weighted by Gasteiger charge is 2.14. The predicted molar refractivity (Wildman–Crippen MR) is 48.5 cm³/mol. The summed E-state index contributed by atoms with van der Waals surface area (Å²) in [6, 6.07) is 0. The van der Waals surface area contributed by atoms with Crippen LogP contribution in [0, 0.1) is 0 Å². The number of allylic oxidation sites excluding steroid dienone is 4. The van der Waals surface area contributed by atoms with Crippen LogP contribution in [-0.4, -0.2) is 24.6 Å². The maximum absolute atomic E-state index is 11.2. The molecule has 0 aliphatic heterocycles. The Kier molecular flexibility index (Phi) is 3.34. The second-order valence-electron chi connectivity index (χ2n) is 2.85. The standard InChI is InChI=1S/C10H10O4/c1-14-10(13)5-2-7-6-8(11)3-4-9(7)12/h3-4,6H,2,5H2,1H3. The Hall–Kier alpha value is -1.71. The summed E-state index contributed by atoms with van der Waals surface area (Å²) in [5.41, 5.74) is 0.364. The summed E-state index contributed by atoms with van der Waals surface area (Å²) >= 11 is 0. The van der Waals surface area contributed by atoms with E-state index < -0.39 is 0 Å². The highest BCUT2D eigenvalue weighted by atomic mass is 16.5. The fourth-order valence-corrected chi connectivity index (χ4v) is 1.09. The summed E-state index contributed by atoms with van der Waals surface area (Å²) in [6.45, 7) is 0. The Morgan fingerprint density at radius 3 is 2.71 bits per heavy atom. The number of esters is 1. The Balaban J connectivity index is 2.56. The lowest BCUT2D eigenvalue weighted by molar-refractivity contribution is -0.140. The number of carbonyl (C=O) groups is 3. The summed E-state index contributed by atoms with van der Waals surface area (Å²) in [4.78, 5) is 32.9. The van der Waals surface area contributed by atoms with Crippen LogP contribution in [0.25, 0.3) is 0 Å². The zero-order valence-electron chi connectivity index (χ0n) is 7.78. The van der Waals surface area contributed by atoms with Gasteiger partial charge in [-0.3, -0.25) is 14.4 Å². The van der Waals surface area contributed by atoms with Gasteiger partial charge in [-0.1, -0.05) is 0 Å². The van der Waals surface area contributed by atoms with Gasteiger partial charge in [-0.2, -0.15) is 0 Å². The van der Waals surface area contributed by atoms with Gasteiger partial charge in [0, 0.05) is 12.0 Å². The highest BCUT2D eigenvalue weighted by molar-refractivity contribution is 6.17. The molecule has 0 spiro atoms. The predicted octanol–water partition coefficient (Wildman–Crippen LogP) is 0.574. The van der Waals surface area contributed by atoms with Gasteiger partial charge in [0.2, 0.25) is 0 Å². The SMILES string of the molecule is COC(=O)CCC1=CC(=O)C=CC1=O. The first kappa shape index (κ1) is 10.4. The average molecular weight is 194 g/mol. The van der Waals surface area contributed by atoms with Crippen LogP contribution in [0.1, 0.15) is 12.8 Å². The van der Waals surface area contributed by atoms with E-state index in [4.69, 9.17) is 0 Å². The van der Waals surface area contributed by atoms with E-state index in [0.717, 1.165) is 0 Å². The fourth-order valence-electron chi connectivity index (χ4n) is 1.09. The maximum Gasteiger partial charge on any atom is 0.305 e. The first-order chi connectivity index (χ1) is 6.63. The van der Waals surface area contributed by atoms with Crippen LogP contribution in [0.2, 0.25) is 0 Å². The second-order valence-corrected chi connectivity index (χ2v) is 2.85. The summed E-state index contributed by atoms with van der Waals surface area (Å²) in [7, 11) is 1.28. The lowest BCUT2D eigenvalue weighted by atomic mass is 9.99. The average Bonchev–Trinajstić information content (AvgIpc) is 2.19. The van der Waals surface area contributed by atoms with Crippen molar-refractivity contribution < 1.29 is 19.1 Å². The fraction of sp³-hybridized carbons (Fsp3) is 0.300. The van der Waals surface area contributed by atoms with Gasteiger partial charge in [-0.25, -0.2) is 0 Å². The lowest BCUT2D eigenvalue weighted by Gasteiger charge is -2.05. The zero-order chi connectivity index (χ0) is 10.6. The minimum Gasteiger partial charge on any atom is -0.469 e. The molecule has 0 aromatic rings. The van der Waals surface area contributed by atoms with Crippen molar-refractivity contribution in [3.63, 3.8) is 0 Å². The summed E-state index contributed by atoms with van der Waals surface area (Å²) in [5.74, 6) is -0.821. The van der Waals surface area contributed by atoms with Gasteiger partial charge in [0.15, 0.2) is 11.6 Å². The molecule has 0 saturated heterocycles. The van der Waals surface area contributed by atoms with Crippen LogP contribution in [0.5, 0.6) is 0 Å². The van der Waals surface area contributed by atoms with E-state index in [0.29, 0.717) is 5.57 Å². The number of ketones is 2. The first-order valence-electron chi connectivity index (χ1n) is 4.17. The number of methoxy groups -OCH3 is 1. The minimum absolute atomic E-state index is 0.120. The molecule has 0 N–H and O–H groups in total. The van der Waals surface area contributed by atoms with Crippen LogP contribution < -0.4 is 0 Å². The molecular formula is C10H10O4. The smallest absolute Gasteiger partial charge is 0.305 e. The van der Waals surface area contributed by atoms with Crippen molar-refractivity contribution >= 4 is 17.5 Å². The largest absolute Gasteiger partial charge is 0.469 e. The molecule has 1 aliphatic carbocycles. The molecule has 0 bridgehead atoms. The van der Waals surface area contributed by atoms with Gasteiger partial charge < -0.3 is 4.74 Å². The van der Waals surface area contributed by atoms with Gasteiger partial charge >= 0.3 is 5.97 Å². The molecule has 1 aliphatic rings. The molecule has 74 valence electrons. The number of rotatable bonds is 3. The third kappa shape index (κ3) is 2.65. The molecule has 4 nitrogen and oxygen atoms in total. The molecule has 0 radical (unpaired) electrons. The van der Waals surface area contributed by atoms with Crippen molar-refractivity contribution in [2.45, 2.75) is 12.8 Å².